The maximum absolute atomic E-state index is 2.57. The van der Waals surface area contributed by atoms with Gasteiger partial charge in [-0.25, -0.2) is 0 Å². The van der Waals surface area contributed by atoms with Crippen molar-refractivity contribution in [3.63, 3.8) is 0 Å². The molecule has 0 spiro atoms. The minimum atomic E-state index is -0.174. The molecule has 0 bridgehead atoms. The van der Waals surface area contributed by atoms with Gasteiger partial charge >= 0.3 is 0 Å². The first-order valence-electron chi connectivity index (χ1n) is 10.2. The fourth-order valence-corrected chi connectivity index (χ4v) is 5.64. The highest BCUT2D eigenvalue weighted by Gasteiger charge is 2.34. The average Bonchev–Trinajstić information content (AvgIpc) is 3.24. The zero-order chi connectivity index (χ0) is 19.3. The predicted octanol–water partition coefficient (Wildman–Crippen LogP) is 6.99. The zero-order valence-electron chi connectivity index (χ0n) is 16.5. The molecule has 7 rings (SSSR count). The third-order valence-electron chi connectivity index (χ3n) is 6.83. The summed E-state index contributed by atoms with van der Waals surface area (Å²) in [5.74, 6) is 0. The van der Waals surface area contributed by atoms with Crippen LogP contribution in [0.1, 0.15) is 19.4 Å². The molecule has 29 heavy (non-hydrogen) atoms. The van der Waals surface area contributed by atoms with E-state index >= 15 is 0 Å². The Labute approximate surface area is 168 Å². The van der Waals surface area contributed by atoms with Crippen LogP contribution >= 0.6 is 0 Å². The number of hydrogen-bond acceptors (Lipinski definition) is 0. The highest BCUT2D eigenvalue weighted by atomic mass is 15.1. The summed E-state index contributed by atoms with van der Waals surface area (Å²) in [7, 11) is 0. The molecule has 2 aromatic heterocycles. The number of fused-ring (bicyclic) bond motifs is 8. The Morgan fingerprint density at radius 1 is 0.552 bits per heavy atom. The van der Waals surface area contributed by atoms with Crippen LogP contribution < -0.4 is 0 Å². The summed E-state index contributed by atoms with van der Waals surface area (Å²) in [5.41, 5.74) is 7.68. The van der Waals surface area contributed by atoms with E-state index in [9.17, 15) is 0 Å². The lowest BCUT2D eigenvalue weighted by Gasteiger charge is -2.30. The number of benzene rings is 4. The van der Waals surface area contributed by atoms with Crippen molar-refractivity contribution in [2.45, 2.75) is 19.4 Å². The van der Waals surface area contributed by atoms with Crippen molar-refractivity contribution in [1.82, 2.24) is 9.13 Å². The van der Waals surface area contributed by atoms with Crippen LogP contribution in [0.25, 0.3) is 49.3 Å². The molecule has 0 saturated carbocycles. The van der Waals surface area contributed by atoms with E-state index in [2.05, 4.69) is 108 Å². The molecule has 0 amide bonds. The molecule has 3 heterocycles. The third-order valence-corrected chi connectivity index (χ3v) is 6.83. The number of aromatic nitrogens is 2. The summed E-state index contributed by atoms with van der Waals surface area (Å²) in [5, 5.41) is 5.30. The Kier molecular flexibility index (Phi) is 2.60. The Morgan fingerprint density at radius 2 is 1.14 bits per heavy atom. The second-order valence-electron chi connectivity index (χ2n) is 8.64. The minimum Gasteiger partial charge on any atom is -0.329 e. The van der Waals surface area contributed by atoms with Gasteiger partial charge in [-0.05, 0) is 32.0 Å². The molecule has 0 aliphatic carbocycles. The second kappa shape index (κ2) is 4.90. The van der Waals surface area contributed by atoms with Gasteiger partial charge < -0.3 is 9.13 Å². The number of nitrogens with zero attached hydrogens (tertiary/aromatic N) is 2. The molecule has 0 N–H and O–H groups in total. The largest absolute Gasteiger partial charge is 0.329 e. The molecule has 0 atom stereocenters. The Morgan fingerprint density at radius 3 is 1.93 bits per heavy atom. The first kappa shape index (κ1) is 15.4. The van der Waals surface area contributed by atoms with Crippen molar-refractivity contribution in [3.8, 4) is 5.69 Å². The molecule has 2 nitrogen and oxygen atoms in total. The highest BCUT2D eigenvalue weighted by molar-refractivity contribution is 6.23. The lowest BCUT2D eigenvalue weighted by atomic mass is 9.92. The van der Waals surface area contributed by atoms with E-state index in [1.807, 2.05) is 0 Å². The van der Waals surface area contributed by atoms with Gasteiger partial charge in [-0.1, -0.05) is 66.7 Å². The Hall–Kier alpha value is -3.52. The van der Waals surface area contributed by atoms with Gasteiger partial charge in [0.05, 0.1) is 27.8 Å². The maximum atomic E-state index is 2.57. The van der Waals surface area contributed by atoms with Crippen molar-refractivity contribution in [2.75, 3.05) is 0 Å². The predicted molar refractivity (Wildman–Crippen MR) is 122 cm³/mol. The Bertz CT molecular complexity index is 1630. The molecule has 0 unspecified atom stereocenters. The van der Waals surface area contributed by atoms with Gasteiger partial charge in [0.1, 0.15) is 0 Å². The molecule has 0 saturated heterocycles. The summed E-state index contributed by atoms with van der Waals surface area (Å²) in [6.07, 6.45) is 0. The minimum absolute atomic E-state index is 0.174. The quantitative estimate of drug-likeness (QED) is 0.272. The van der Waals surface area contributed by atoms with Crippen molar-refractivity contribution in [1.29, 1.82) is 0 Å². The van der Waals surface area contributed by atoms with Crippen LogP contribution in [0.15, 0.2) is 84.9 Å². The summed E-state index contributed by atoms with van der Waals surface area (Å²) >= 11 is 0. The monoisotopic (exact) mass is 372 g/mol. The van der Waals surface area contributed by atoms with Gasteiger partial charge in [-0.15, -0.1) is 0 Å². The van der Waals surface area contributed by atoms with Crippen molar-refractivity contribution >= 4 is 43.6 Å². The molecule has 1 aliphatic heterocycles. The van der Waals surface area contributed by atoms with E-state index in [4.69, 9.17) is 0 Å². The number of para-hydroxylation sites is 3. The van der Waals surface area contributed by atoms with E-state index in [0.29, 0.717) is 0 Å². The lowest BCUT2D eigenvalue weighted by molar-refractivity contribution is 0.467. The first-order valence-corrected chi connectivity index (χ1v) is 10.2. The van der Waals surface area contributed by atoms with Crippen molar-refractivity contribution in [2.24, 2.45) is 0 Å². The van der Waals surface area contributed by atoms with E-state index < -0.39 is 0 Å². The van der Waals surface area contributed by atoms with Crippen molar-refractivity contribution in [3.05, 3.63) is 90.5 Å². The van der Waals surface area contributed by atoms with Gasteiger partial charge in [-0.2, -0.15) is 0 Å². The molecule has 1 aliphatic rings. The maximum Gasteiger partial charge on any atom is 0.0785 e. The molecule has 0 fully saturated rings. The summed E-state index contributed by atoms with van der Waals surface area (Å²) in [6.45, 7) is 4.70. The van der Waals surface area contributed by atoms with E-state index in [0.717, 1.165) is 0 Å². The van der Waals surface area contributed by atoms with Crippen LogP contribution in [0.5, 0.6) is 0 Å². The standard InChI is InChI=1S/C27H20N2/c1-27(2)21-11-5-8-14-24(21)28-22-12-6-3-9-17(22)19-15-16-20-18-10-4-7-13-23(18)29(27)26(20)25(19)28/h3-16H,1-2H3. The number of rotatable bonds is 0. The molecule has 4 aromatic carbocycles. The Balaban J connectivity index is 1.93. The van der Waals surface area contributed by atoms with Gasteiger partial charge in [-0.3, -0.25) is 0 Å². The topological polar surface area (TPSA) is 9.86 Å². The van der Waals surface area contributed by atoms with Crippen LogP contribution in [-0.2, 0) is 5.54 Å². The SMILES string of the molecule is CC1(C)c2ccccc2-n2c3ccccc3c3ccc4c5ccccc5n1c4c32. The van der Waals surface area contributed by atoms with Crippen LogP contribution in [-0.4, -0.2) is 9.13 Å². The van der Waals surface area contributed by atoms with Crippen LogP contribution in [0.4, 0.5) is 0 Å². The van der Waals surface area contributed by atoms with Crippen molar-refractivity contribution < 1.29 is 0 Å². The number of hydrogen-bond donors (Lipinski definition) is 0. The fourth-order valence-electron chi connectivity index (χ4n) is 5.64. The molecule has 138 valence electrons. The van der Waals surface area contributed by atoms with Crippen LogP contribution in [0.2, 0.25) is 0 Å². The van der Waals surface area contributed by atoms with E-state index in [-0.39, 0.29) is 5.54 Å². The van der Waals surface area contributed by atoms with Gasteiger partial charge in [0.2, 0.25) is 0 Å². The lowest BCUT2D eigenvalue weighted by Crippen LogP contribution is -2.27. The zero-order valence-corrected chi connectivity index (χ0v) is 16.5. The van der Waals surface area contributed by atoms with Crippen LogP contribution in [0.3, 0.4) is 0 Å². The van der Waals surface area contributed by atoms with E-state index in [1.165, 1.54) is 54.9 Å². The molecular formula is C27H20N2. The van der Waals surface area contributed by atoms with E-state index in [1.54, 1.807) is 0 Å². The van der Waals surface area contributed by atoms with Crippen LogP contribution in [0, 0.1) is 0 Å². The molecule has 0 radical (unpaired) electrons. The highest BCUT2D eigenvalue weighted by Crippen LogP contribution is 2.47. The molecule has 6 aromatic rings. The average molecular weight is 372 g/mol. The summed E-state index contributed by atoms with van der Waals surface area (Å²) < 4.78 is 5.06. The molecular weight excluding hydrogens is 352 g/mol. The second-order valence-corrected chi connectivity index (χ2v) is 8.64. The third kappa shape index (κ3) is 1.65. The van der Waals surface area contributed by atoms with Gasteiger partial charge in [0.15, 0.2) is 0 Å². The van der Waals surface area contributed by atoms with Gasteiger partial charge in [0.25, 0.3) is 0 Å². The summed E-state index contributed by atoms with van der Waals surface area (Å²) in [4.78, 5) is 0. The normalized spacial score (nSPS) is 14.8. The summed E-state index contributed by atoms with van der Waals surface area (Å²) in [6, 6.07) is 31.2. The molecule has 2 heteroatoms. The smallest absolute Gasteiger partial charge is 0.0785 e. The fraction of sp³-hybridized carbons (Fsp3) is 0.111. The van der Waals surface area contributed by atoms with Gasteiger partial charge in [0, 0.05) is 32.6 Å². The first-order chi connectivity index (χ1) is 14.2.